The van der Waals surface area contributed by atoms with E-state index in [2.05, 4.69) is 36.4 Å². The highest BCUT2D eigenvalue weighted by Crippen LogP contribution is 2.42. The van der Waals surface area contributed by atoms with E-state index in [0.29, 0.717) is 16.6 Å². The molecule has 1 heterocycles. The van der Waals surface area contributed by atoms with Gasteiger partial charge in [-0.3, -0.25) is 10.2 Å². The molecule has 0 saturated carbocycles. The molecule has 0 saturated heterocycles. The number of aromatic nitrogens is 3. The number of nitrogens with one attached hydrogen (secondary N) is 1. The second kappa shape index (κ2) is 9.28. The number of hydrogen-bond acceptors (Lipinski definition) is 7. The first kappa shape index (κ1) is 26.3. The zero-order valence-electron chi connectivity index (χ0n) is 21.5. The first-order valence-electron chi connectivity index (χ1n) is 11.8. The number of phenols is 1. The highest BCUT2D eigenvalue weighted by atomic mass is 32.2. The van der Waals surface area contributed by atoms with Crippen molar-refractivity contribution in [1.82, 2.24) is 20.4 Å². The average molecular weight is 522 g/mol. The number of carbonyl (C=O) groups is 1. The molecule has 4 N–H and O–H groups in total. The number of amides is 1. The molecule has 3 aromatic carbocycles. The number of benzene rings is 3. The third-order valence-electron chi connectivity index (χ3n) is 6.12. The van der Waals surface area contributed by atoms with E-state index in [9.17, 15) is 18.3 Å². The lowest BCUT2D eigenvalue weighted by atomic mass is 9.71. The van der Waals surface area contributed by atoms with E-state index in [1.165, 1.54) is 35.1 Å². The minimum absolute atomic E-state index is 0.0541. The van der Waals surface area contributed by atoms with E-state index in [4.69, 9.17) is 5.84 Å². The molecule has 4 aromatic rings. The zero-order valence-corrected chi connectivity index (χ0v) is 22.3. The van der Waals surface area contributed by atoms with Crippen LogP contribution >= 0.6 is 0 Å². The Morgan fingerprint density at radius 1 is 0.946 bits per heavy atom. The van der Waals surface area contributed by atoms with Crippen LogP contribution in [0.1, 0.15) is 57.0 Å². The Balaban J connectivity index is 1.87. The van der Waals surface area contributed by atoms with Crippen LogP contribution in [0.2, 0.25) is 0 Å². The normalized spacial score (nSPS) is 12.6. The van der Waals surface area contributed by atoms with Gasteiger partial charge in [-0.05, 0) is 59.7 Å². The van der Waals surface area contributed by atoms with Gasteiger partial charge in [-0.2, -0.15) is 0 Å². The summed E-state index contributed by atoms with van der Waals surface area (Å²) in [5.74, 6) is 4.81. The number of phenolic OH excluding ortho intramolecular Hbond substituents is 1. The van der Waals surface area contributed by atoms with Crippen molar-refractivity contribution in [1.29, 1.82) is 0 Å². The van der Waals surface area contributed by atoms with Gasteiger partial charge in [-0.1, -0.05) is 52.8 Å². The van der Waals surface area contributed by atoms with Crippen molar-refractivity contribution in [2.24, 2.45) is 11.3 Å². The van der Waals surface area contributed by atoms with Gasteiger partial charge < -0.3 is 5.11 Å². The lowest BCUT2D eigenvalue weighted by Gasteiger charge is -2.34. The lowest BCUT2D eigenvalue weighted by molar-refractivity contribution is 0.0953. The van der Waals surface area contributed by atoms with E-state index >= 15 is 0 Å². The molecule has 0 aliphatic carbocycles. The van der Waals surface area contributed by atoms with Crippen molar-refractivity contribution in [3.8, 4) is 11.4 Å². The molecule has 1 aromatic heterocycles. The number of nitrogen functional groups attached to an aromatic ring is 1. The summed E-state index contributed by atoms with van der Waals surface area (Å²) in [5.41, 5.74) is 3.29. The third-order valence-corrected chi connectivity index (χ3v) is 7.88. The molecular weight excluding hydrogens is 490 g/mol. The van der Waals surface area contributed by atoms with E-state index in [1.807, 2.05) is 13.8 Å². The van der Waals surface area contributed by atoms with Crippen molar-refractivity contribution in [2.45, 2.75) is 56.2 Å². The van der Waals surface area contributed by atoms with Gasteiger partial charge in [0.15, 0.2) is 0 Å². The smallest absolute Gasteiger partial charge is 0.265 e. The fourth-order valence-corrected chi connectivity index (χ4v) is 6.13. The van der Waals surface area contributed by atoms with Crippen LogP contribution in [0, 0.1) is 5.41 Å². The van der Waals surface area contributed by atoms with Gasteiger partial charge in [0.05, 0.1) is 9.79 Å². The summed E-state index contributed by atoms with van der Waals surface area (Å²) < 4.78 is 26.2. The first-order valence-corrected chi connectivity index (χ1v) is 13.3. The molecule has 0 fully saturated rings. The number of carbonyl (C=O) groups excluding carboxylic acids is 1. The standard InChI is InChI=1S/C27H31N5O4S/c1-26(2,3)16-27(4,5)20-13-17(25(34)29-28)14-23(24(20)33)32-30-21-12-11-19(15-22(21)31-32)37(35,36)18-9-7-6-8-10-18/h6-15,33H,16,28H2,1-5H3,(H,29,34). The predicted molar refractivity (Wildman–Crippen MR) is 141 cm³/mol. The number of rotatable bonds is 6. The molecule has 37 heavy (non-hydrogen) atoms. The number of aromatic hydroxyl groups is 1. The molecule has 10 heteroatoms. The summed E-state index contributed by atoms with van der Waals surface area (Å²) in [6, 6.07) is 15.7. The molecule has 194 valence electrons. The van der Waals surface area contributed by atoms with Crippen LogP contribution in [0.5, 0.6) is 5.75 Å². The highest BCUT2D eigenvalue weighted by molar-refractivity contribution is 7.91. The Labute approximate surface area is 216 Å². The second-order valence-corrected chi connectivity index (χ2v) is 12.9. The Kier molecular flexibility index (Phi) is 6.60. The van der Waals surface area contributed by atoms with Crippen LogP contribution in [-0.4, -0.2) is 34.4 Å². The molecule has 4 rings (SSSR count). The summed E-state index contributed by atoms with van der Waals surface area (Å²) in [6.07, 6.45) is 0.718. The summed E-state index contributed by atoms with van der Waals surface area (Å²) in [5, 5.41) is 20.3. The number of sulfone groups is 1. The molecule has 9 nitrogen and oxygen atoms in total. The van der Waals surface area contributed by atoms with Crippen LogP contribution in [-0.2, 0) is 15.3 Å². The summed E-state index contributed by atoms with van der Waals surface area (Å²) in [6.45, 7) is 10.3. The fraction of sp³-hybridized carbons (Fsp3) is 0.296. The maximum atomic E-state index is 13.1. The van der Waals surface area contributed by atoms with Crippen molar-refractivity contribution in [2.75, 3.05) is 0 Å². The molecule has 0 aliphatic heterocycles. The minimum Gasteiger partial charge on any atom is -0.505 e. The first-order chi connectivity index (χ1) is 17.2. The van der Waals surface area contributed by atoms with Crippen LogP contribution < -0.4 is 11.3 Å². The zero-order chi connectivity index (χ0) is 27.2. The van der Waals surface area contributed by atoms with Crippen LogP contribution in [0.15, 0.2) is 70.5 Å². The summed E-state index contributed by atoms with van der Waals surface area (Å²) in [7, 11) is -3.75. The van der Waals surface area contributed by atoms with Crippen molar-refractivity contribution >= 4 is 26.8 Å². The van der Waals surface area contributed by atoms with Gasteiger partial charge in [0, 0.05) is 11.1 Å². The molecule has 0 atom stereocenters. The number of nitrogens with zero attached hydrogens (tertiary/aromatic N) is 3. The van der Waals surface area contributed by atoms with Crippen molar-refractivity contribution in [3.63, 3.8) is 0 Å². The number of hydrogen-bond donors (Lipinski definition) is 3. The molecule has 0 bridgehead atoms. The van der Waals surface area contributed by atoms with E-state index < -0.39 is 21.2 Å². The van der Waals surface area contributed by atoms with E-state index in [1.54, 1.807) is 30.3 Å². The molecule has 0 unspecified atom stereocenters. The van der Waals surface area contributed by atoms with Gasteiger partial charge in [-0.25, -0.2) is 14.3 Å². The molecule has 1 amide bonds. The minimum atomic E-state index is -3.75. The van der Waals surface area contributed by atoms with Crippen LogP contribution in [0.4, 0.5) is 0 Å². The maximum absolute atomic E-state index is 13.1. The second-order valence-electron chi connectivity index (χ2n) is 10.9. The van der Waals surface area contributed by atoms with Gasteiger partial charge in [0.25, 0.3) is 5.91 Å². The Hall–Kier alpha value is -3.76. The SMILES string of the molecule is CC(C)(C)CC(C)(C)c1cc(C(=O)NN)cc(-n2nc3ccc(S(=O)(=O)c4ccccc4)cc3n2)c1O. The number of fused-ring (bicyclic) bond motifs is 1. The van der Waals surface area contributed by atoms with E-state index in [0.717, 1.165) is 6.42 Å². The summed E-state index contributed by atoms with van der Waals surface area (Å²) >= 11 is 0. The summed E-state index contributed by atoms with van der Waals surface area (Å²) in [4.78, 5) is 14.0. The van der Waals surface area contributed by atoms with Crippen molar-refractivity contribution < 1.29 is 18.3 Å². The quantitative estimate of drug-likeness (QED) is 0.195. The predicted octanol–water partition coefficient (Wildman–Crippen LogP) is 4.28. The maximum Gasteiger partial charge on any atom is 0.265 e. The average Bonchev–Trinajstić information content (AvgIpc) is 3.26. The van der Waals surface area contributed by atoms with Crippen LogP contribution in [0.3, 0.4) is 0 Å². The number of nitrogens with two attached hydrogens (primary N) is 1. The van der Waals surface area contributed by atoms with E-state index in [-0.39, 0.29) is 32.2 Å². The van der Waals surface area contributed by atoms with Gasteiger partial charge in [-0.15, -0.1) is 15.0 Å². The van der Waals surface area contributed by atoms with Gasteiger partial charge in [0.1, 0.15) is 22.5 Å². The lowest BCUT2D eigenvalue weighted by Crippen LogP contribution is -2.31. The Morgan fingerprint density at radius 2 is 1.59 bits per heavy atom. The fourth-order valence-electron chi connectivity index (χ4n) is 4.83. The van der Waals surface area contributed by atoms with Gasteiger partial charge in [0.2, 0.25) is 9.84 Å². The highest BCUT2D eigenvalue weighted by Gasteiger charge is 2.32. The molecular formula is C27H31N5O4S. The van der Waals surface area contributed by atoms with Crippen LogP contribution in [0.25, 0.3) is 16.7 Å². The molecule has 0 aliphatic rings. The number of hydrazine groups is 1. The molecule has 0 radical (unpaired) electrons. The largest absolute Gasteiger partial charge is 0.505 e. The van der Waals surface area contributed by atoms with Gasteiger partial charge >= 0.3 is 0 Å². The third kappa shape index (κ3) is 5.21. The van der Waals surface area contributed by atoms with Crippen molar-refractivity contribution in [3.05, 3.63) is 71.8 Å². The monoisotopic (exact) mass is 521 g/mol. The topological polar surface area (TPSA) is 140 Å². The Morgan fingerprint density at radius 3 is 2.22 bits per heavy atom. The Bertz CT molecular complexity index is 1590. The molecule has 0 spiro atoms.